The summed E-state index contributed by atoms with van der Waals surface area (Å²) in [5.74, 6) is -1.70. The fourth-order valence-electron chi connectivity index (χ4n) is 3.10. The van der Waals surface area contributed by atoms with Crippen molar-refractivity contribution in [2.75, 3.05) is 5.32 Å². The Kier molecular flexibility index (Phi) is 6.10. The number of rotatable bonds is 5. The van der Waals surface area contributed by atoms with Crippen LogP contribution in [0, 0.1) is 5.82 Å². The summed E-state index contributed by atoms with van der Waals surface area (Å²) in [4.78, 5) is 20.4. The largest absolute Gasteiger partial charge is 0.416 e. The maximum Gasteiger partial charge on any atom is 0.416 e. The Morgan fingerprint density at radius 1 is 1.12 bits per heavy atom. The molecule has 11 heteroatoms. The van der Waals surface area contributed by atoms with Crippen LogP contribution >= 0.6 is 11.6 Å². The molecular weight excluding hydrogens is 464 g/mol. The van der Waals surface area contributed by atoms with Gasteiger partial charge in [-0.3, -0.25) is 10.1 Å². The lowest BCUT2D eigenvalue weighted by molar-refractivity contribution is -0.137. The zero-order valence-corrected chi connectivity index (χ0v) is 17.3. The van der Waals surface area contributed by atoms with Crippen LogP contribution in [-0.2, 0) is 17.4 Å². The Bertz CT molecular complexity index is 1310. The monoisotopic (exact) mass is 476 g/mol. The standard InChI is InChI=1S/C22H13ClF4N4O2/c23-15-4-2-1-3-12(15)9-18(32)30-21-19(17-7-8-28-11-29-17)20(31-33-21)14-10-13(22(25,26)27)5-6-16(14)24/h1-8,10-11H,9H2,(H,30,32). The topological polar surface area (TPSA) is 80.9 Å². The predicted octanol–water partition coefficient (Wildman–Crippen LogP) is 5.79. The third-order valence-electron chi connectivity index (χ3n) is 4.64. The lowest BCUT2D eigenvalue weighted by Gasteiger charge is -2.10. The highest BCUT2D eigenvalue weighted by Gasteiger charge is 2.33. The van der Waals surface area contributed by atoms with Crippen molar-refractivity contribution in [1.29, 1.82) is 0 Å². The van der Waals surface area contributed by atoms with E-state index in [1.54, 1.807) is 24.3 Å². The van der Waals surface area contributed by atoms with Gasteiger partial charge in [0.1, 0.15) is 17.8 Å². The summed E-state index contributed by atoms with van der Waals surface area (Å²) in [5, 5.41) is 6.63. The highest BCUT2D eigenvalue weighted by molar-refractivity contribution is 6.31. The minimum Gasteiger partial charge on any atom is -0.337 e. The van der Waals surface area contributed by atoms with E-state index in [4.69, 9.17) is 16.1 Å². The molecule has 1 N–H and O–H groups in total. The molecular formula is C22H13ClF4N4O2. The van der Waals surface area contributed by atoms with Crippen molar-refractivity contribution in [2.24, 2.45) is 0 Å². The molecule has 0 saturated heterocycles. The fourth-order valence-corrected chi connectivity index (χ4v) is 3.31. The number of alkyl halides is 3. The number of carbonyl (C=O) groups is 1. The molecule has 0 aliphatic heterocycles. The van der Waals surface area contributed by atoms with Crippen LogP contribution in [0.3, 0.4) is 0 Å². The number of amides is 1. The second kappa shape index (κ2) is 8.99. The highest BCUT2D eigenvalue weighted by atomic mass is 35.5. The molecule has 2 aromatic heterocycles. The minimum atomic E-state index is -4.70. The van der Waals surface area contributed by atoms with E-state index < -0.39 is 29.0 Å². The Morgan fingerprint density at radius 2 is 1.91 bits per heavy atom. The summed E-state index contributed by atoms with van der Waals surface area (Å²) in [6.45, 7) is 0. The molecule has 4 aromatic rings. The Hall–Kier alpha value is -3.79. The van der Waals surface area contributed by atoms with Crippen molar-refractivity contribution >= 4 is 23.4 Å². The first-order chi connectivity index (χ1) is 15.7. The van der Waals surface area contributed by atoms with Gasteiger partial charge in [0.25, 0.3) is 0 Å². The van der Waals surface area contributed by atoms with Gasteiger partial charge in [0.15, 0.2) is 0 Å². The molecule has 0 atom stereocenters. The number of hydrogen-bond donors (Lipinski definition) is 1. The maximum absolute atomic E-state index is 14.6. The van der Waals surface area contributed by atoms with Crippen LogP contribution in [0.1, 0.15) is 11.1 Å². The highest BCUT2D eigenvalue weighted by Crippen LogP contribution is 2.40. The van der Waals surface area contributed by atoms with E-state index >= 15 is 0 Å². The molecule has 2 aromatic carbocycles. The number of aromatic nitrogens is 3. The number of nitrogens with zero attached hydrogens (tertiary/aromatic N) is 3. The van der Waals surface area contributed by atoms with Gasteiger partial charge in [-0.05, 0) is 35.9 Å². The van der Waals surface area contributed by atoms with Crippen molar-refractivity contribution in [1.82, 2.24) is 15.1 Å². The third kappa shape index (κ3) is 4.85. The molecule has 1 amide bonds. The van der Waals surface area contributed by atoms with Crippen LogP contribution in [0.25, 0.3) is 22.5 Å². The first-order valence-electron chi connectivity index (χ1n) is 9.40. The smallest absolute Gasteiger partial charge is 0.337 e. The number of hydrogen-bond acceptors (Lipinski definition) is 5. The average molecular weight is 477 g/mol. The van der Waals surface area contributed by atoms with Crippen LogP contribution in [0.2, 0.25) is 5.02 Å². The van der Waals surface area contributed by atoms with E-state index in [1.807, 2.05) is 0 Å². The molecule has 0 fully saturated rings. The predicted molar refractivity (Wildman–Crippen MR) is 112 cm³/mol. The van der Waals surface area contributed by atoms with Gasteiger partial charge in [-0.25, -0.2) is 14.4 Å². The second-order valence-electron chi connectivity index (χ2n) is 6.84. The van der Waals surface area contributed by atoms with Gasteiger partial charge in [0, 0.05) is 16.8 Å². The summed E-state index contributed by atoms with van der Waals surface area (Å²) in [5.41, 5.74) is -1.09. The van der Waals surface area contributed by atoms with Crippen LogP contribution in [0.15, 0.2) is 65.6 Å². The first-order valence-corrected chi connectivity index (χ1v) is 9.78. The van der Waals surface area contributed by atoms with Crippen LogP contribution in [0.4, 0.5) is 23.4 Å². The summed E-state index contributed by atoms with van der Waals surface area (Å²) in [7, 11) is 0. The van der Waals surface area contributed by atoms with Gasteiger partial charge in [-0.15, -0.1) is 0 Å². The lowest BCUT2D eigenvalue weighted by Crippen LogP contribution is -2.14. The van der Waals surface area contributed by atoms with Gasteiger partial charge < -0.3 is 4.52 Å². The number of nitrogens with one attached hydrogen (secondary N) is 1. The normalized spacial score (nSPS) is 11.4. The molecule has 0 aliphatic carbocycles. The summed E-state index contributed by atoms with van der Waals surface area (Å²) >= 11 is 6.09. The average Bonchev–Trinajstić information content (AvgIpc) is 3.18. The quantitative estimate of drug-likeness (QED) is 0.369. The Balaban J connectivity index is 1.77. The van der Waals surface area contributed by atoms with Crippen molar-refractivity contribution in [3.05, 3.63) is 83.0 Å². The molecule has 33 heavy (non-hydrogen) atoms. The third-order valence-corrected chi connectivity index (χ3v) is 5.01. The summed E-state index contributed by atoms with van der Waals surface area (Å²) in [6, 6.07) is 10.1. The van der Waals surface area contributed by atoms with Gasteiger partial charge in [-0.1, -0.05) is 35.0 Å². The maximum atomic E-state index is 14.6. The van der Waals surface area contributed by atoms with Gasteiger partial charge >= 0.3 is 6.18 Å². The van der Waals surface area contributed by atoms with Crippen molar-refractivity contribution in [2.45, 2.75) is 12.6 Å². The zero-order valence-electron chi connectivity index (χ0n) is 16.5. The molecule has 0 aliphatic rings. The van der Waals surface area contributed by atoms with Crippen molar-refractivity contribution < 1.29 is 26.9 Å². The second-order valence-corrected chi connectivity index (χ2v) is 7.25. The first kappa shape index (κ1) is 22.4. The summed E-state index contributed by atoms with van der Waals surface area (Å²) in [6.07, 6.45) is -2.26. The Morgan fingerprint density at radius 3 is 2.61 bits per heavy atom. The van der Waals surface area contributed by atoms with Crippen LogP contribution in [-0.4, -0.2) is 21.0 Å². The number of anilines is 1. The molecule has 2 heterocycles. The minimum absolute atomic E-state index is 0.00290. The SMILES string of the molecule is O=C(Cc1ccccc1Cl)Nc1onc(-c2cc(C(F)(F)F)ccc2F)c1-c1ccncn1. The summed E-state index contributed by atoms with van der Waals surface area (Å²) < 4.78 is 59.4. The zero-order chi connectivity index (χ0) is 23.6. The molecule has 168 valence electrons. The number of carbonyl (C=O) groups excluding carboxylic acids is 1. The van der Waals surface area contributed by atoms with E-state index in [1.165, 1.54) is 18.6 Å². The van der Waals surface area contributed by atoms with E-state index in [0.29, 0.717) is 28.8 Å². The van der Waals surface area contributed by atoms with Crippen molar-refractivity contribution in [3.63, 3.8) is 0 Å². The number of halogens is 5. The molecule has 4 rings (SSSR count). The molecule has 0 radical (unpaired) electrons. The van der Waals surface area contributed by atoms with Crippen LogP contribution in [0.5, 0.6) is 0 Å². The van der Waals surface area contributed by atoms with Crippen LogP contribution < -0.4 is 5.32 Å². The molecule has 0 unspecified atom stereocenters. The van der Waals surface area contributed by atoms with E-state index in [9.17, 15) is 22.4 Å². The molecule has 0 saturated carbocycles. The molecule has 0 bridgehead atoms. The van der Waals surface area contributed by atoms with Gasteiger partial charge in [0.2, 0.25) is 11.8 Å². The van der Waals surface area contributed by atoms with Crippen molar-refractivity contribution in [3.8, 4) is 22.5 Å². The van der Waals surface area contributed by atoms with Gasteiger partial charge in [-0.2, -0.15) is 13.2 Å². The lowest BCUT2D eigenvalue weighted by atomic mass is 10.0. The van der Waals surface area contributed by atoms with Gasteiger partial charge in [0.05, 0.1) is 23.2 Å². The van der Waals surface area contributed by atoms with E-state index in [2.05, 4.69) is 20.4 Å². The molecule has 6 nitrogen and oxygen atoms in total. The van der Waals surface area contributed by atoms with E-state index in [-0.39, 0.29) is 29.3 Å². The molecule has 0 spiro atoms. The Labute approximate surface area is 189 Å². The fraction of sp³-hybridized carbons (Fsp3) is 0.0909. The number of benzene rings is 2. The van der Waals surface area contributed by atoms with E-state index in [0.717, 1.165) is 0 Å².